The molecule has 0 aliphatic heterocycles. The molecule has 0 N–H and O–H groups in total. The van der Waals surface area contributed by atoms with E-state index < -0.39 is 31.8 Å². The predicted molar refractivity (Wildman–Crippen MR) is 234 cm³/mol. The topological polar surface area (TPSA) is 83.1 Å². The highest BCUT2D eigenvalue weighted by atomic mass is 32.2. The molecule has 6 unspecified atom stereocenters. The van der Waals surface area contributed by atoms with Crippen LogP contribution >= 0.6 is 70.6 Å². The highest BCUT2D eigenvalue weighted by Crippen LogP contribution is 2.57. The Morgan fingerprint density at radius 2 is 0.500 bits per heavy atom. The lowest BCUT2D eigenvalue weighted by Crippen LogP contribution is -2.71. The number of rotatable bonds is 33. The largest absolute Gasteiger partial charge is 0.515 e. The van der Waals surface area contributed by atoms with Gasteiger partial charge in [0.1, 0.15) is 0 Å². The van der Waals surface area contributed by atoms with Gasteiger partial charge in [-0.15, -0.1) is 0 Å². The molecule has 6 atom stereocenters. The molecule has 302 valence electrons. The van der Waals surface area contributed by atoms with Crippen LogP contribution in [-0.4, -0.2) is 154 Å². The van der Waals surface area contributed by atoms with E-state index in [0.29, 0.717) is 59.5 Å². The van der Waals surface area contributed by atoms with Gasteiger partial charge in [0, 0.05) is 80.6 Å². The lowest BCUT2D eigenvalue weighted by molar-refractivity contribution is 0.0576. The molecule has 0 aliphatic rings. The van der Waals surface area contributed by atoms with Crippen molar-refractivity contribution in [3.8, 4) is 0 Å². The van der Waals surface area contributed by atoms with Gasteiger partial charge in [-0.05, 0) is 99.8 Å². The number of thioether (sulfide) groups is 6. The van der Waals surface area contributed by atoms with Gasteiger partial charge in [-0.25, -0.2) is 0 Å². The molecule has 0 radical (unpaired) electrons. The summed E-state index contributed by atoms with van der Waals surface area (Å²) in [5.41, 5.74) is -0.468. The molecule has 0 aromatic heterocycles. The minimum absolute atomic E-state index is 0.0128. The SMILES string of the molecule is CCO[Si](OCC)(OCC)C(SC)C(SC)C(C)(C(SC)C(SC)[Si](OCC)(OCC)OCC)C(SC)C(SC)[Si](OCC)(OCC)OCC. The van der Waals surface area contributed by atoms with Crippen molar-refractivity contribution >= 4 is 97.0 Å². The second-order valence-electron chi connectivity index (χ2n) is 11.0. The Kier molecular flexibility index (Phi) is 29.2. The summed E-state index contributed by atoms with van der Waals surface area (Å²) in [5, 5.41) is -0.0384. The highest BCUT2D eigenvalue weighted by Gasteiger charge is 2.67. The summed E-state index contributed by atoms with van der Waals surface area (Å²) in [6.45, 7) is 25.3. The molecule has 0 saturated carbocycles. The van der Waals surface area contributed by atoms with Gasteiger partial charge >= 0.3 is 26.4 Å². The molecule has 0 rings (SSSR count). The molecular weight excluding hydrogens is 805 g/mol. The summed E-state index contributed by atoms with van der Waals surface area (Å²) in [5.74, 6) is 0. The van der Waals surface area contributed by atoms with Crippen LogP contribution in [-0.2, 0) is 39.8 Å². The van der Waals surface area contributed by atoms with Crippen molar-refractivity contribution in [1.82, 2.24) is 0 Å². The van der Waals surface area contributed by atoms with Gasteiger partial charge in [-0.3, -0.25) is 0 Å². The molecule has 0 saturated heterocycles. The van der Waals surface area contributed by atoms with E-state index in [9.17, 15) is 0 Å². The Labute approximate surface area is 336 Å². The molecule has 0 fully saturated rings. The zero-order valence-electron chi connectivity index (χ0n) is 34.0. The molecule has 18 heteroatoms. The quantitative estimate of drug-likeness (QED) is 0.0595. The molecule has 0 spiro atoms. The van der Waals surface area contributed by atoms with Gasteiger partial charge in [0.15, 0.2) is 0 Å². The van der Waals surface area contributed by atoms with Crippen LogP contribution in [0.3, 0.4) is 0 Å². The summed E-state index contributed by atoms with van der Waals surface area (Å²) in [6, 6.07) is 0. The third kappa shape index (κ3) is 12.7. The van der Waals surface area contributed by atoms with Gasteiger partial charge in [-0.1, -0.05) is 6.92 Å². The van der Waals surface area contributed by atoms with Crippen LogP contribution in [0, 0.1) is 5.41 Å². The smallest absolute Gasteiger partial charge is 0.373 e. The van der Waals surface area contributed by atoms with E-state index in [4.69, 9.17) is 39.8 Å². The van der Waals surface area contributed by atoms with E-state index in [1.165, 1.54) is 0 Å². The monoisotopic (exact) mass is 876 g/mol. The van der Waals surface area contributed by atoms with E-state index in [-0.39, 0.29) is 30.4 Å². The molecule has 0 bridgehead atoms. The van der Waals surface area contributed by atoms with Crippen molar-refractivity contribution < 1.29 is 39.8 Å². The fraction of sp³-hybridized carbons (Fsp3) is 1.00. The Bertz CT molecular complexity index is 710. The van der Waals surface area contributed by atoms with Crippen molar-refractivity contribution in [3.05, 3.63) is 0 Å². The first-order valence-electron chi connectivity index (χ1n) is 17.9. The summed E-state index contributed by atoms with van der Waals surface area (Å²) in [7, 11) is -9.79. The van der Waals surface area contributed by atoms with Crippen molar-refractivity contribution in [1.29, 1.82) is 0 Å². The maximum absolute atomic E-state index is 6.71. The predicted octanol–water partition coefficient (Wildman–Crippen LogP) is 8.15. The van der Waals surface area contributed by atoms with E-state index in [2.05, 4.69) is 44.5 Å². The van der Waals surface area contributed by atoms with Crippen molar-refractivity contribution in [2.24, 2.45) is 5.41 Å². The molecule has 0 amide bonds. The number of hydrogen-bond acceptors (Lipinski definition) is 15. The van der Waals surface area contributed by atoms with Gasteiger partial charge in [0.05, 0.1) is 14.6 Å². The third-order valence-corrected chi connectivity index (χ3v) is 29.8. The van der Waals surface area contributed by atoms with Gasteiger partial charge in [-0.2, -0.15) is 70.6 Å². The summed E-state index contributed by atoms with van der Waals surface area (Å²) < 4.78 is 60.4. The van der Waals surface area contributed by atoms with E-state index >= 15 is 0 Å². The first kappa shape index (κ1) is 52.4. The maximum atomic E-state index is 6.71. The first-order chi connectivity index (χ1) is 24.0. The van der Waals surface area contributed by atoms with Crippen LogP contribution in [0.1, 0.15) is 69.2 Å². The van der Waals surface area contributed by atoms with Crippen LogP contribution in [0.2, 0.25) is 0 Å². The molecule has 0 aromatic carbocycles. The first-order valence-corrected chi connectivity index (χ1v) is 31.0. The van der Waals surface area contributed by atoms with Crippen molar-refractivity contribution in [2.75, 3.05) is 97.0 Å². The minimum atomic E-state index is -3.26. The zero-order valence-corrected chi connectivity index (χ0v) is 41.9. The fourth-order valence-electron chi connectivity index (χ4n) is 6.88. The van der Waals surface area contributed by atoms with Gasteiger partial charge in [0.2, 0.25) is 0 Å². The Morgan fingerprint density at radius 3 is 0.600 bits per heavy atom. The van der Waals surface area contributed by atoms with Crippen LogP contribution < -0.4 is 0 Å². The Morgan fingerprint density at radius 1 is 0.340 bits per heavy atom. The molecule has 0 aromatic rings. The lowest BCUT2D eigenvalue weighted by atomic mass is 9.80. The Balaban J connectivity index is 8.55. The summed E-state index contributed by atoms with van der Waals surface area (Å²) >= 11 is 11.0. The minimum Gasteiger partial charge on any atom is -0.373 e. The maximum Gasteiger partial charge on any atom is 0.515 e. The van der Waals surface area contributed by atoms with Gasteiger partial charge in [0.25, 0.3) is 0 Å². The van der Waals surface area contributed by atoms with Crippen LogP contribution in [0.25, 0.3) is 0 Å². The Hall–Kier alpha value is 2.39. The second-order valence-corrected chi connectivity index (χ2v) is 26.2. The van der Waals surface area contributed by atoms with Gasteiger partial charge < -0.3 is 39.8 Å². The third-order valence-electron chi connectivity index (χ3n) is 8.34. The summed E-state index contributed by atoms with van der Waals surface area (Å²) in [6.07, 6.45) is 13.2. The average Bonchev–Trinajstić information content (AvgIpc) is 3.08. The van der Waals surface area contributed by atoms with Crippen molar-refractivity contribution in [3.63, 3.8) is 0 Å². The summed E-state index contributed by atoms with van der Waals surface area (Å²) in [4.78, 5) is -0.288. The molecular formula is C32H72O9S6Si3. The standard InChI is InChI=1S/C32H72O9S6Si3/c1-17-33-48(34-18-2,35-19-3)29(45-14)26(42-11)32(10,27(43-12)30(46-15)49(36-20-4,37-21-5)38-22-6)28(44-13)31(47-16)50(39-23-7,40-24-8)41-25-9/h26-31H,17-25H2,1-16H3. The zero-order chi connectivity index (χ0) is 38.4. The second kappa shape index (κ2) is 27.9. The molecule has 0 heterocycles. The highest BCUT2D eigenvalue weighted by molar-refractivity contribution is 8.06. The van der Waals surface area contributed by atoms with Crippen molar-refractivity contribution in [2.45, 2.75) is 99.6 Å². The molecule has 0 aliphatic carbocycles. The normalized spacial score (nSPS) is 18.0. The van der Waals surface area contributed by atoms with E-state index in [1.54, 1.807) is 35.3 Å². The van der Waals surface area contributed by atoms with Crippen LogP contribution in [0.5, 0.6) is 0 Å². The average molecular weight is 878 g/mol. The molecule has 50 heavy (non-hydrogen) atoms. The fourth-order valence-corrected chi connectivity index (χ4v) is 30.0. The van der Waals surface area contributed by atoms with E-state index in [1.807, 2.05) is 97.6 Å². The number of hydrogen-bond donors (Lipinski definition) is 0. The van der Waals surface area contributed by atoms with Crippen LogP contribution in [0.15, 0.2) is 0 Å². The lowest BCUT2D eigenvalue weighted by Gasteiger charge is -2.56. The van der Waals surface area contributed by atoms with Crippen LogP contribution in [0.4, 0.5) is 0 Å². The molecule has 9 nitrogen and oxygen atoms in total. The van der Waals surface area contributed by atoms with E-state index in [0.717, 1.165) is 0 Å².